The summed E-state index contributed by atoms with van der Waals surface area (Å²) >= 11 is 0. The number of methoxy groups -OCH3 is 2. The van der Waals surface area contributed by atoms with Crippen molar-refractivity contribution in [3.05, 3.63) is 63.4 Å². The Morgan fingerprint density at radius 2 is 1.88 bits per heavy atom. The minimum Gasteiger partial charge on any atom is -0.493 e. The van der Waals surface area contributed by atoms with Crippen LogP contribution in [0.4, 0.5) is 0 Å². The predicted octanol–water partition coefficient (Wildman–Crippen LogP) is 4.89. The Labute approximate surface area is 187 Å². The fraction of sp³-hybridized carbons (Fsp3) is 0.423. The molecule has 0 aliphatic carbocycles. The van der Waals surface area contributed by atoms with Crippen LogP contribution >= 0.6 is 0 Å². The van der Waals surface area contributed by atoms with E-state index in [1.54, 1.807) is 25.8 Å². The molecule has 0 N–H and O–H groups in total. The fourth-order valence-electron chi connectivity index (χ4n) is 5.08. The Balaban J connectivity index is 1.78. The molecule has 6 heteroatoms. The Kier molecular flexibility index (Phi) is 5.13. The molecule has 1 aromatic heterocycles. The molecule has 0 radical (unpaired) electrons. The van der Waals surface area contributed by atoms with Gasteiger partial charge in [-0.25, -0.2) is 0 Å². The average Bonchev–Trinajstić information content (AvgIpc) is 2.81. The maximum Gasteiger partial charge on any atom is 0.260 e. The zero-order valence-corrected chi connectivity index (χ0v) is 19.1. The number of hydrogen-bond acceptors (Lipinski definition) is 5. The van der Waals surface area contributed by atoms with Crippen molar-refractivity contribution in [3.8, 4) is 17.2 Å². The van der Waals surface area contributed by atoms with Crippen molar-refractivity contribution in [1.29, 1.82) is 0 Å². The molecule has 5 rings (SSSR count). The van der Waals surface area contributed by atoms with Crippen LogP contribution in [0.25, 0.3) is 10.9 Å². The van der Waals surface area contributed by atoms with Crippen LogP contribution < -0.4 is 19.8 Å². The van der Waals surface area contributed by atoms with Gasteiger partial charge in [0.25, 0.3) is 5.56 Å². The molecule has 32 heavy (non-hydrogen) atoms. The second-order valence-electron chi connectivity index (χ2n) is 8.67. The number of fused-ring (bicyclic) bond motifs is 8. The number of unbranched alkanes of at least 4 members (excludes halogenated alkanes) is 2. The molecule has 0 fully saturated rings. The lowest BCUT2D eigenvalue weighted by atomic mass is 9.84. The van der Waals surface area contributed by atoms with Crippen LogP contribution in [0.3, 0.4) is 0 Å². The number of pyridine rings is 1. The Bertz CT molecular complexity index is 1250. The first kappa shape index (κ1) is 20.9. The van der Waals surface area contributed by atoms with Gasteiger partial charge in [0, 0.05) is 25.3 Å². The third-order valence-electron chi connectivity index (χ3n) is 6.72. The molecule has 2 aliphatic rings. The summed E-state index contributed by atoms with van der Waals surface area (Å²) in [5.74, 6) is 1.13. The SMILES string of the molecule is CCCCC[C@]12Cc3cc(OC)c(OC)cc3[C@H](O1)c1c(c3ccccc3n(C)c1=O)O2. The molecule has 0 saturated carbocycles. The number of benzene rings is 2. The number of rotatable bonds is 6. The molecule has 2 bridgehead atoms. The number of nitrogens with zero attached hydrogens (tertiary/aromatic N) is 1. The number of aromatic nitrogens is 1. The van der Waals surface area contributed by atoms with Gasteiger partial charge in [-0.2, -0.15) is 0 Å². The minimum absolute atomic E-state index is 0.103. The van der Waals surface area contributed by atoms with E-state index in [0.717, 1.165) is 47.7 Å². The lowest BCUT2D eigenvalue weighted by molar-refractivity contribution is -0.232. The normalized spacial score (nSPS) is 20.9. The second-order valence-corrected chi connectivity index (χ2v) is 8.67. The van der Waals surface area contributed by atoms with E-state index in [1.807, 2.05) is 36.4 Å². The lowest BCUT2D eigenvalue weighted by Gasteiger charge is -2.47. The minimum atomic E-state index is -0.811. The van der Waals surface area contributed by atoms with Gasteiger partial charge >= 0.3 is 0 Å². The third-order valence-corrected chi connectivity index (χ3v) is 6.72. The van der Waals surface area contributed by atoms with Crippen molar-refractivity contribution in [3.63, 3.8) is 0 Å². The highest BCUT2D eigenvalue weighted by atomic mass is 16.7. The van der Waals surface area contributed by atoms with Gasteiger partial charge in [0.15, 0.2) is 11.5 Å². The molecule has 2 atom stereocenters. The van der Waals surface area contributed by atoms with E-state index in [-0.39, 0.29) is 5.56 Å². The summed E-state index contributed by atoms with van der Waals surface area (Å²) in [5.41, 5.74) is 3.30. The van der Waals surface area contributed by atoms with Crippen molar-refractivity contribution in [2.24, 2.45) is 7.05 Å². The van der Waals surface area contributed by atoms with Crippen LogP contribution in [0.1, 0.15) is 55.4 Å². The molecule has 2 aliphatic heterocycles. The molecule has 2 aromatic carbocycles. The van der Waals surface area contributed by atoms with E-state index in [4.69, 9.17) is 18.9 Å². The molecular formula is C26H29NO5. The van der Waals surface area contributed by atoms with Crippen LogP contribution in [0.2, 0.25) is 0 Å². The first-order valence-electron chi connectivity index (χ1n) is 11.2. The van der Waals surface area contributed by atoms with E-state index in [2.05, 4.69) is 6.92 Å². The van der Waals surface area contributed by atoms with Gasteiger partial charge in [-0.1, -0.05) is 31.9 Å². The van der Waals surface area contributed by atoms with Gasteiger partial charge in [0.2, 0.25) is 5.79 Å². The number of aryl methyl sites for hydroxylation is 1. The molecule has 0 spiro atoms. The van der Waals surface area contributed by atoms with Crippen LogP contribution in [0, 0.1) is 0 Å². The first-order chi connectivity index (χ1) is 15.5. The Hall–Kier alpha value is -2.99. The second kappa shape index (κ2) is 7.85. The van der Waals surface area contributed by atoms with Crippen LogP contribution in [0.5, 0.6) is 17.2 Å². The topological polar surface area (TPSA) is 58.9 Å². The molecule has 3 heterocycles. The molecule has 0 unspecified atom stereocenters. The molecule has 0 amide bonds. The van der Waals surface area contributed by atoms with Gasteiger partial charge in [-0.3, -0.25) is 4.79 Å². The van der Waals surface area contributed by atoms with Crippen molar-refractivity contribution in [2.45, 2.75) is 50.9 Å². The summed E-state index contributed by atoms with van der Waals surface area (Å²) in [4.78, 5) is 13.5. The van der Waals surface area contributed by atoms with Crippen molar-refractivity contribution in [1.82, 2.24) is 4.57 Å². The van der Waals surface area contributed by atoms with Gasteiger partial charge in [-0.05, 0) is 41.8 Å². The maximum absolute atomic E-state index is 13.5. The zero-order chi connectivity index (χ0) is 22.5. The summed E-state index contributed by atoms with van der Waals surface area (Å²) in [5, 5.41) is 0.932. The smallest absolute Gasteiger partial charge is 0.260 e. The average molecular weight is 436 g/mol. The van der Waals surface area contributed by atoms with Crippen LogP contribution in [-0.4, -0.2) is 24.6 Å². The van der Waals surface area contributed by atoms with E-state index >= 15 is 0 Å². The third kappa shape index (κ3) is 3.08. The molecule has 0 saturated heterocycles. The van der Waals surface area contributed by atoms with Crippen LogP contribution in [0.15, 0.2) is 41.2 Å². The molecular weight excluding hydrogens is 406 g/mol. The number of hydrogen-bond donors (Lipinski definition) is 0. The number of ether oxygens (including phenoxy) is 4. The fourth-order valence-corrected chi connectivity index (χ4v) is 5.08. The highest BCUT2D eigenvalue weighted by Crippen LogP contribution is 2.52. The van der Waals surface area contributed by atoms with Gasteiger partial charge in [-0.15, -0.1) is 0 Å². The van der Waals surface area contributed by atoms with E-state index in [0.29, 0.717) is 29.2 Å². The summed E-state index contributed by atoms with van der Waals surface area (Å²) in [6, 6.07) is 11.8. The quantitative estimate of drug-likeness (QED) is 0.516. The number of para-hydroxylation sites is 1. The molecule has 3 aromatic rings. The van der Waals surface area contributed by atoms with Gasteiger partial charge in [0.05, 0.1) is 25.3 Å². The van der Waals surface area contributed by atoms with Crippen LogP contribution in [-0.2, 0) is 18.2 Å². The summed E-state index contributed by atoms with van der Waals surface area (Å²) in [6.07, 6.45) is 4.03. The highest BCUT2D eigenvalue weighted by Gasteiger charge is 2.49. The monoisotopic (exact) mass is 435 g/mol. The van der Waals surface area contributed by atoms with E-state index in [1.165, 1.54) is 0 Å². The van der Waals surface area contributed by atoms with Crippen molar-refractivity contribution >= 4 is 10.9 Å². The molecule has 168 valence electrons. The van der Waals surface area contributed by atoms with E-state index in [9.17, 15) is 4.79 Å². The standard InChI is InChI=1S/C26H29NO5/c1-5-6-9-12-26-15-16-13-20(29-3)21(30-4)14-18(16)24(32-26)22-23(31-26)17-10-7-8-11-19(17)27(2)25(22)28/h7-8,10-11,13-14,24H,5-6,9,12,15H2,1-4H3/t24-,26+/m0/s1. The highest BCUT2D eigenvalue weighted by molar-refractivity contribution is 5.87. The Morgan fingerprint density at radius 3 is 2.62 bits per heavy atom. The summed E-state index contributed by atoms with van der Waals surface area (Å²) < 4.78 is 26.1. The van der Waals surface area contributed by atoms with Gasteiger partial charge in [0.1, 0.15) is 11.9 Å². The zero-order valence-electron chi connectivity index (χ0n) is 19.1. The van der Waals surface area contributed by atoms with Crippen molar-refractivity contribution < 1.29 is 18.9 Å². The maximum atomic E-state index is 13.5. The van der Waals surface area contributed by atoms with E-state index < -0.39 is 11.9 Å². The predicted molar refractivity (Wildman–Crippen MR) is 123 cm³/mol. The Morgan fingerprint density at radius 1 is 1.12 bits per heavy atom. The molecule has 6 nitrogen and oxygen atoms in total. The van der Waals surface area contributed by atoms with Gasteiger partial charge < -0.3 is 23.5 Å². The first-order valence-corrected chi connectivity index (χ1v) is 11.2. The summed E-state index contributed by atoms with van der Waals surface area (Å²) in [6.45, 7) is 2.18. The van der Waals surface area contributed by atoms with Crippen molar-refractivity contribution in [2.75, 3.05) is 14.2 Å². The summed E-state index contributed by atoms with van der Waals surface area (Å²) in [7, 11) is 5.05. The lowest BCUT2D eigenvalue weighted by Crippen LogP contribution is -2.50. The largest absolute Gasteiger partial charge is 0.493 e.